The van der Waals surface area contributed by atoms with Crippen molar-refractivity contribution in [2.24, 2.45) is 34.5 Å². The fourth-order valence-electron chi connectivity index (χ4n) is 8.27. The molecule has 2 aromatic heterocycles. The van der Waals surface area contributed by atoms with E-state index in [1.807, 2.05) is 5.38 Å². The van der Waals surface area contributed by atoms with Crippen LogP contribution in [-0.4, -0.2) is 79.3 Å². The lowest BCUT2D eigenvalue weighted by atomic mass is 9.91. The highest BCUT2D eigenvalue weighted by atomic mass is 35.5. The summed E-state index contributed by atoms with van der Waals surface area (Å²) in [4.78, 5) is 1.83. The number of thiophene rings is 2. The molecule has 0 bridgehead atoms. The molecular weight excluding hydrogens is 828 g/mol. The number of halogens is 1. The van der Waals surface area contributed by atoms with Gasteiger partial charge in [0.1, 0.15) is 30.8 Å². The molecule has 2 aliphatic heterocycles. The van der Waals surface area contributed by atoms with E-state index in [2.05, 4.69) is 55.4 Å². The van der Waals surface area contributed by atoms with Crippen LogP contribution in [0.4, 0.5) is 0 Å². The minimum Gasteiger partial charge on any atom is -0.488 e. The van der Waals surface area contributed by atoms with Crippen LogP contribution in [0.5, 0.6) is 23.0 Å². The van der Waals surface area contributed by atoms with E-state index in [1.54, 1.807) is 11.3 Å². The standard InChI is InChI=1S/C50H85ClO8S2/c1-9-17-21-38(13-5)25-52-30-49(31-53-26-39(14-6)22-18-10-2)34-56-42-29-60-46(43(42)57-35-49)47-44-45(48(51)61-47)59-37-50(36-58-44,32-54-27-40(15-7)23-19-11-3)33-55-28-41(16-8)24-20-12-4/h29,38-41H,9-28,30-37H2,1-8H3. The summed E-state index contributed by atoms with van der Waals surface area (Å²) in [6.07, 6.45) is 18.9. The highest BCUT2D eigenvalue weighted by Crippen LogP contribution is 2.58. The van der Waals surface area contributed by atoms with Crippen molar-refractivity contribution >= 4 is 34.3 Å². The van der Waals surface area contributed by atoms with Crippen LogP contribution in [0.15, 0.2) is 5.38 Å². The largest absolute Gasteiger partial charge is 0.488 e. The van der Waals surface area contributed by atoms with E-state index < -0.39 is 10.8 Å². The summed E-state index contributed by atoms with van der Waals surface area (Å²) in [7, 11) is 0. The molecule has 61 heavy (non-hydrogen) atoms. The third-order valence-electron chi connectivity index (χ3n) is 13.0. The van der Waals surface area contributed by atoms with Gasteiger partial charge in [-0.2, -0.15) is 0 Å². The van der Waals surface area contributed by atoms with Crippen molar-refractivity contribution in [3.8, 4) is 32.8 Å². The van der Waals surface area contributed by atoms with Crippen molar-refractivity contribution in [3.05, 3.63) is 9.72 Å². The Morgan fingerprint density at radius 1 is 0.508 bits per heavy atom. The van der Waals surface area contributed by atoms with E-state index >= 15 is 0 Å². The molecule has 4 atom stereocenters. The van der Waals surface area contributed by atoms with Crippen LogP contribution in [0, 0.1) is 34.5 Å². The molecule has 0 N–H and O–H groups in total. The van der Waals surface area contributed by atoms with Crippen LogP contribution >= 0.6 is 34.3 Å². The Labute approximate surface area is 384 Å². The molecule has 0 aliphatic carbocycles. The lowest BCUT2D eigenvalue weighted by Gasteiger charge is -2.32. The molecule has 4 rings (SSSR count). The van der Waals surface area contributed by atoms with Crippen LogP contribution < -0.4 is 18.9 Å². The fraction of sp³-hybridized carbons (Fsp3) is 0.840. The van der Waals surface area contributed by atoms with Crippen molar-refractivity contribution in [2.75, 3.05) is 79.3 Å². The number of hydrogen-bond acceptors (Lipinski definition) is 10. The second-order valence-corrected chi connectivity index (χ2v) is 21.0. The van der Waals surface area contributed by atoms with Crippen LogP contribution in [0.1, 0.15) is 158 Å². The summed E-state index contributed by atoms with van der Waals surface area (Å²) in [5.74, 6) is 4.87. The van der Waals surface area contributed by atoms with Gasteiger partial charge in [-0.15, -0.1) is 22.7 Å². The second-order valence-electron chi connectivity index (χ2n) is 18.5. The second kappa shape index (κ2) is 28.6. The summed E-state index contributed by atoms with van der Waals surface area (Å²) in [5, 5.41) is 2.05. The molecule has 352 valence electrons. The van der Waals surface area contributed by atoms with Gasteiger partial charge in [0.25, 0.3) is 0 Å². The molecule has 2 aliphatic rings. The molecular formula is C50H85ClO8S2. The number of ether oxygens (including phenoxy) is 8. The quantitative estimate of drug-likeness (QED) is 0.0701. The first-order valence-corrected chi connectivity index (χ1v) is 26.6. The number of rotatable bonds is 33. The van der Waals surface area contributed by atoms with Gasteiger partial charge in [-0.1, -0.05) is 144 Å². The van der Waals surface area contributed by atoms with E-state index in [1.165, 1.54) is 88.4 Å². The maximum Gasteiger partial charge on any atom is 0.191 e. The van der Waals surface area contributed by atoms with E-state index in [4.69, 9.17) is 49.5 Å². The molecule has 0 amide bonds. The lowest BCUT2D eigenvalue weighted by molar-refractivity contribution is -0.0717. The highest BCUT2D eigenvalue weighted by Gasteiger charge is 2.42. The fourth-order valence-corrected chi connectivity index (χ4v) is 10.6. The average molecular weight is 914 g/mol. The molecule has 0 saturated heterocycles. The normalized spacial score (nSPS) is 20.9. The van der Waals surface area contributed by atoms with Crippen LogP contribution in [-0.2, 0) is 18.9 Å². The molecule has 0 saturated carbocycles. The summed E-state index contributed by atoms with van der Waals surface area (Å²) in [5.41, 5.74) is -0.945. The third kappa shape index (κ3) is 16.3. The number of hydrogen-bond donors (Lipinski definition) is 0. The number of unbranched alkanes of at least 4 members (excludes halogenated alkanes) is 4. The first kappa shape index (κ1) is 52.4. The average Bonchev–Trinajstić information content (AvgIpc) is 3.69. The predicted octanol–water partition coefficient (Wildman–Crippen LogP) is 14.6. The van der Waals surface area contributed by atoms with Gasteiger partial charge in [0.2, 0.25) is 0 Å². The maximum absolute atomic E-state index is 7.04. The topological polar surface area (TPSA) is 73.8 Å². The number of fused-ring (bicyclic) bond motifs is 2. The summed E-state index contributed by atoms with van der Waals surface area (Å²) < 4.78 is 53.8. The van der Waals surface area contributed by atoms with Crippen molar-refractivity contribution < 1.29 is 37.9 Å². The van der Waals surface area contributed by atoms with E-state index in [-0.39, 0.29) is 0 Å². The first-order valence-electron chi connectivity index (χ1n) is 24.5. The van der Waals surface area contributed by atoms with Crippen LogP contribution in [0.3, 0.4) is 0 Å². The van der Waals surface area contributed by atoms with Crippen molar-refractivity contribution in [2.45, 2.75) is 158 Å². The Morgan fingerprint density at radius 3 is 1.25 bits per heavy atom. The van der Waals surface area contributed by atoms with E-state index in [9.17, 15) is 0 Å². The lowest BCUT2D eigenvalue weighted by Crippen LogP contribution is -2.43. The molecule has 11 heteroatoms. The van der Waals surface area contributed by atoms with Crippen LogP contribution in [0.25, 0.3) is 9.75 Å². The monoisotopic (exact) mass is 913 g/mol. The van der Waals surface area contributed by atoms with Gasteiger partial charge in [0.15, 0.2) is 23.0 Å². The zero-order valence-electron chi connectivity index (χ0n) is 39.6. The van der Waals surface area contributed by atoms with Crippen molar-refractivity contribution in [1.29, 1.82) is 0 Å². The summed E-state index contributed by atoms with van der Waals surface area (Å²) in [6, 6.07) is 0. The van der Waals surface area contributed by atoms with Crippen molar-refractivity contribution in [1.82, 2.24) is 0 Å². The Balaban J connectivity index is 1.53. The van der Waals surface area contributed by atoms with E-state index in [0.717, 1.165) is 73.4 Å². The molecule has 0 fully saturated rings. The van der Waals surface area contributed by atoms with Gasteiger partial charge in [0, 0.05) is 31.8 Å². The summed E-state index contributed by atoms with van der Waals surface area (Å²) in [6.45, 7) is 24.7. The zero-order chi connectivity index (χ0) is 43.9. The Kier molecular flexibility index (Phi) is 24.5. The highest BCUT2D eigenvalue weighted by molar-refractivity contribution is 7.24. The Morgan fingerprint density at radius 2 is 0.869 bits per heavy atom. The molecule has 4 heterocycles. The Hall–Kier alpha value is -1.27. The molecule has 8 nitrogen and oxygen atoms in total. The van der Waals surface area contributed by atoms with Gasteiger partial charge in [-0.3, -0.25) is 0 Å². The van der Waals surface area contributed by atoms with E-state index in [0.29, 0.717) is 92.4 Å². The smallest absolute Gasteiger partial charge is 0.191 e. The molecule has 0 radical (unpaired) electrons. The van der Waals surface area contributed by atoms with Gasteiger partial charge < -0.3 is 37.9 Å². The van der Waals surface area contributed by atoms with Gasteiger partial charge >= 0.3 is 0 Å². The molecule has 0 aromatic carbocycles. The molecule has 0 spiro atoms. The maximum atomic E-state index is 7.04. The molecule has 4 unspecified atom stereocenters. The third-order valence-corrected chi connectivity index (χ3v) is 15.5. The van der Waals surface area contributed by atoms with Gasteiger partial charge in [-0.25, -0.2) is 0 Å². The Bertz CT molecular complexity index is 1420. The zero-order valence-corrected chi connectivity index (χ0v) is 42.0. The summed E-state index contributed by atoms with van der Waals surface area (Å²) >= 11 is 10.1. The predicted molar refractivity (Wildman–Crippen MR) is 256 cm³/mol. The van der Waals surface area contributed by atoms with Crippen LogP contribution in [0.2, 0.25) is 4.34 Å². The van der Waals surface area contributed by atoms with Gasteiger partial charge in [-0.05, 0) is 49.4 Å². The SMILES string of the molecule is CCCCC(CC)COCC1(COCC(CC)CCCC)COc2csc(-c3sc(Cl)c4c3OCC(COCC(CC)CCCC)(COCC(CC)CCCC)CO4)c2OC1. The first-order chi connectivity index (χ1) is 29.7. The minimum atomic E-state index is -0.490. The molecule has 2 aromatic rings. The minimum absolute atomic E-state index is 0.396. The van der Waals surface area contributed by atoms with Crippen molar-refractivity contribution in [3.63, 3.8) is 0 Å². The van der Waals surface area contributed by atoms with Gasteiger partial charge in [0.05, 0.1) is 47.0 Å².